The number of aryl methyl sites for hydroxylation is 2. The van der Waals surface area contributed by atoms with Gasteiger partial charge in [0, 0.05) is 65.6 Å². The van der Waals surface area contributed by atoms with Crippen molar-refractivity contribution in [1.29, 1.82) is 0 Å². The normalized spacial score (nSPS) is 13.3. The molecule has 1 aliphatic rings. The van der Waals surface area contributed by atoms with Crippen molar-refractivity contribution in [2.24, 2.45) is 11.8 Å². The molecule has 0 spiro atoms. The number of pyridine rings is 1. The molecule has 3 aromatic heterocycles. The van der Waals surface area contributed by atoms with Crippen LogP contribution in [0.25, 0.3) is 27.4 Å². The van der Waals surface area contributed by atoms with E-state index in [1.165, 1.54) is 62.5 Å². The van der Waals surface area contributed by atoms with Crippen LogP contribution in [0.1, 0.15) is 86.9 Å². The number of nitrogen functional groups attached to an aromatic ring is 1. The van der Waals surface area contributed by atoms with Crippen molar-refractivity contribution in [2.75, 3.05) is 5.73 Å². The minimum Gasteiger partial charge on any atom is -0.399 e. The zero-order chi connectivity index (χ0) is 30.1. The van der Waals surface area contributed by atoms with E-state index in [-0.39, 0.29) is 0 Å². The fourth-order valence-corrected chi connectivity index (χ4v) is 6.07. The first kappa shape index (κ1) is 29.7. The minimum absolute atomic E-state index is 0.645. The molecule has 1 aliphatic carbocycles. The average Bonchev–Trinajstić information content (AvgIpc) is 3.68. The third-order valence-electron chi connectivity index (χ3n) is 8.24. The Labute approximate surface area is 252 Å². The summed E-state index contributed by atoms with van der Waals surface area (Å²) < 4.78 is 4.70. The van der Waals surface area contributed by atoms with Gasteiger partial charge in [-0.15, -0.1) is 0 Å². The van der Waals surface area contributed by atoms with E-state index in [0.717, 1.165) is 42.4 Å². The van der Waals surface area contributed by atoms with E-state index in [1.807, 2.05) is 6.07 Å². The first-order valence-electron chi connectivity index (χ1n) is 15.6. The lowest BCUT2D eigenvalue weighted by molar-refractivity contribution is 0.535. The molecule has 0 saturated heterocycles. The second-order valence-electron chi connectivity index (χ2n) is 13.3. The summed E-state index contributed by atoms with van der Waals surface area (Å²) in [6.45, 7) is 21.8. The van der Waals surface area contributed by atoms with Gasteiger partial charge in [-0.1, -0.05) is 40.3 Å². The second kappa shape index (κ2) is 12.2. The molecular formula is C38H48N4. The molecule has 2 N–H and O–H groups in total. The van der Waals surface area contributed by atoms with Crippen molar-refractivity contribution in [3.63, 3.8) is 0 Å². The summed E-state index contributed by atoms with van der Waals surface area (Å²) in [5, 5.41) is 2.63. The molecular weight excluding hydrogens is 512 g/mol. The molecule has 1 fully saturated rings. The summed E-state index contributed by atoms with van der Waals surface area (Å²) in [6, 6.07) is 15.3. The van der Waals surface area contributed by atoms with E-state index in [1.54, 1.807) is 0 Å². The standard InChI is InChI=1S/C25H30N2.C13H18N2/c1-16(2)14-27-15-18(5)23-10-19(6-9-25(23)27)11-24-22(17(3)4)12-21(13-26-24)20-7-8-20;1-9(2)7-15-8-10(3)12-6-11(14)4-5-13(12)15/h6,9-10,12-13,15-16,20H,3,7-8,11,14H2,1-2,4-5H3;4-6,8-9H,7,14H2,1-3H3. The highest BCUT2D eigenvalue weighted by Crippen LogP contribution is 2.40. The van der Waals surface area contributed by atoms with Gasteiger partial charge in [0.1, 0.15) is 0 Å². The topological polar surface area (TPSA) is 48.8 Å². The average molecular weight is 561 g/mol. The predicted molar refractivity (Wildman–Crippen MR) is 181 cm³/mol. The predicted octanol–water partition coefficient (Wildman–Crippen LogP) is 9.69. The number of anilines is 1. The van der Waals surface area contributed by atoms with Gasteiger partial charge in [0.05, 0.1) is 5.69 Å². The summed E-state index contributed by atoms with van der Waals surface area (Å²) in [5.74, 6) is 2.04. The molecule has 4 heteroatoms. The van der Waals surface area contributed by atoms with Gasteiger partial charge in [-0.25, -0.2) is 0 Å². The van der Waals surface area contributed by atoms with Crippen LogP contribution in [0.2, 0.25) is 0 Å². The van der Waals surface area contributed by atoms with Gasteiger partial charge in [-0.3, -0.25) is 4.98 Å². The Morgan fingerprint density at radius 2 is 1.45 bits per heavy atom. The Morgan fingerprint density at radius 3 is 2.00 bits per heavy atom. The molecule has 42 heavy (non-hydrogen) atoms. The van der Waals surface area contributed by atoms with Crippen LogP contribution in [0.15, 0.2) is 67.6 Å². The third-order valence-corrected chi connectivity index (χ3v) is 8.24. The van der Waals surface area contributed by atoms with E-state index in [4.69, 9.17) is 10.7 Å². The number of fused-ring (bicyclic) bond motifs is 2. The van der Waals surface area contributed by atoms with Crippen LogP contribution in [0, 0.1) is 25.7 Å². The van der Waals surface area contributed by atoms with Crippen molar-refractivity contribution in [3.8, 4) is 0 Å². The Kier molecular flexibility index (Phi) is 8.63. The molecule has 0 amide bonds. The molecule has 0 radical (unpaired) electrons. The lowest BCUT2D eigenvalue weighted by Crippen LogP contribution is -2.03. The monoisotopic (exact) mass is 560 g/mol. The van der Waals surface area contributed by atoms with Crippen LogP contribution in [0.3, 0.4) is 0 Å². The van der Waals surface area contributed by atoms with E-state index >= 15 is 0 Å². The van der Waals surface area contributed by atoms with Gasteiger partial charge in [-0.2, -0.15) is 0 Å². The van der Waals surface area contributed by atoms with Gasteiger partial charge in [0.2, 0.25) is 0 Å². The summed E-state index contributed by atoms with van der Waals surface area (Å²) in [4.78, 5) is 4.84. The largest absolute Gasteiger partial charge is 0.399 e. The molecule has 6 rings (SSSR count). The molecule has 0 atom stereocenters. The first-order valence-corrected chi connectivity index (χ1v) is 15.6. The second-order valence-corrected chi connectivity index (χ2v) is 13.3. The molecule has 5 aromatic rings. The molecule has 4 nitrogen and oxygen atoms in total. The highest BCUT2D eigenvalue weighted by atomic mass is 15.0. The lowest BCUT2D eigenvalue weighted by Gasteiger charge is -2.12. The number of nitrogens with two attached hydrogens (primary N) is 1. The van der Waals surface area contributed by atoms with E-state index in [2.05, 4.69) is 119 Å². The van der Waals surface area contributed by atoms with E-state index < -0.39 is 0 Å². The SMILES string of the molecule is C=C(C)c1cc(C2CC2)cnc1Cc1ccc2c(c1)c(C)cn2CC(C)C.Cc1cn(CC(C)C)c2ccc(N)cc12. The number of allylic oxidation sites excluding steroid dienone is 1. The smallest absolute Gasteiger partial charge is 0.0522 e. The molecule has 1 saturated carbocycles. The molecule has 220 valence electrons. The third kappa shape index (κ3) is 6.64. The zero-order valence-corrected chi connectivity index (χ0v) is 26.7. The highest BCUT2D eigenvalue weighted by molar-refractivity contribution is 5.86. The molecule has 3 heterocycles. The van der Waals surface area contributed by atoms with Crippen LogP contribution < -0.4 is 5.73 Å². The minimum atomic E-state index is 0.645. The van der Waals surface area contributed by atoms with Crippen LogP contribution in [0.4, 0.5) is 5.69 Å². The molecule has 0 bridgehead atoms. The van der Waals surface area contributed by atoms with E-state index in [9.17, 15) is 0 Å². The number of hydrogen-bond donors (Lipinski definition) is 1. The van der Waals surface area contributed by atoms with Gasteiger partial charge < -0.3 is 14.9 Å². The molecule has 0 aliphatic heterocycles. The Bertz CT molecular complexity index is 1730. The number of benzene rings is 2. The molecule has 0 unspecified atom stereocenters. The number of rotatable bonds is 8. The zero-order valence-electron chi connectivity index (χ0n) is 26.7. The summed E-state index contributed by atoms with van der Waals surface area (Å²) in [6.07, 6.45) is 10.1. The van der Waals surface area contributed by atoms with Gasteiger partial charge in [0.15, 0.2) is 0 Å². The fraction of sp³-hybridized carbons (Fsp3) is 0.395. The number of hydrogen-bond acceptors (Lipinski definition) is 2. The summed E-state index contributed by atoms with van der Waals surface area (Å²) >= 11 is 0. The van der Waals surface area contributed by atoms with Crippen molar-refractivity contribution < 1.29 is 0 Å². The summed E-state index contributed by atoms with van der Waals surface area (Å²) in [5.41, 5.74) is 18.1. The van der Waals surface area contributed by atoms with Crippen molar-refractivity contribution in [1.82, 2.24) is 14.1 Å². The maximum atomic E-state index is 5.79. The van der Waals surface area contributed by atoms with Gasteiger partial charge in [-0.05, 0) is 121 Å². The van der Waals surface area contributed by atoms with Crippen molar-refractivity contribution >= 4 is 33.1 Å². The van der Waals surface area contributed by atoms with Crippen molar-refractivity contribution in [2.45, 2.75) is 86.7 Å². The Morgan fingerprint density at radius 1 is 0.881 bits per heavy atom. The van der Waals surface area contributed by atoms with Gasteiger partial charge in [0.25, 0.3) is 0 Å². The van der Waals surface area contributed by atoms with Crippen LogP contribution in [-0.4, -0.2) is 14.1 Å². The quantitative estimate of drug-likeness (QED) is 0.192. The maximum Gasteiger partial charge on any atom is 0.0522 e. The number of aromatic nitrogens is 3. The van der Waals surface area contributed by atoms with Gasteiger partial charge >= 0.3 is 0 Å². The Balaban J connectivity index is 0.000000199. The fourth-order valence-electron chi connectivity index (χ4n) is 6.07. The highest BCUT2D eigenvalue weighted by Gasteiger charge is 2.24. The molecule has 2 aromatic carbocycles. The van der Waals surface area contributed by atoms with Crippen LogP contribution in [0.5, 0.6) is 0 Å². The Hall–Kier alpha value is -3.79. The van der Waals surface area contributed by atoms with Crippen LogP contribution in [-0.2, 0) is 19.5 Å². The lowest BCUT2D eigenvalue weighted by atomic mass is 9.98. The van der Waals surface area contributed by atoms with E-state index in [0.29, 0.717) is 11.8 Å². The van der Waals surface area contributed by atoms with Crippen molar-refractivity contribution in [3.05, 3.63) is 101 Å². The van der Waals surface area contributed by atoms with Crippen LogP contribution >= 0.6 is 0 Å². The number of nitrogens with zero attached hydrogens (tertiary/aromatic N) is 3. The summed E-state index contributed by atoms with van der Waals surface area (Å²) in [7, 11) is 0. The maximum absolute atomic E-state index is 5.79. The first-order chi connectivity index (χ1) is 20.0.